The Balaban J connectivity index is 2.39. The molecule has 0 fully saturated rings. The molecule has 1 heterocycles. The lowest BCUT2D eigenvalue weighted by Crippen LogP contribution is -1.97. The number of phenolic OH excluding ortho intramolecular Hbond substituents is 1. The van der Waals surface area contributed by atoms with E-state index in [4.69, 9.17) is 9.15 Å². The van der Waals surface area contributed by atoms with Gasteiger partial charge in [0.05, 0.1) is 11.6 Å². The molecular weight excluding hydrogens is 196 g/mol. The van der Waals surface area contributed by atoms with Crippen LogP contribution in [0.3, 0.4) is 0 Å². The van der Waals surface area contributed by atoms with Crippen molar-refractivity contribution in [2.45, 2.75) is 13.5 Å². The lowest BCUT2D eigenvalue weighted by Gasteiger charge is -2.00. The minimum atomic E-state index is -0.361. The molecule has 1 N–H and O–H groups in total. The molecule has 0 saturated carbocycles. The predicted molar refractivity (Wildman–Crippen MR) is 53.3 cm³/mol. The maximum absolute atomic E-state index is 10.6. The van der Waals surface area contributed by atoms with Crippen LogP contribution in [0.4, 0.5) is 0 Å². The van der Waals surface area contributed by atoms with E-state index in [0.29, 0.717) is 16.5 Å². The van der Waals surface area contributed by atoms with Crippen molar-refractivity contribution in [1.29, 1.82) is 0 Å². The summed E-state index contributed by atoms with van der Waals surface area (Å²) in [6.45, 7) is 1.45. The Hall–Kier alpha value is -1.97. The van der Waals surface area contributed by atoms with Gasteiger partial charge in [-0.1, -0.05) is 6.07 Å². The van der Waals surface area contributed by atoms with E-state index >= 15 is 0 Å². The standard InChI is InChI=1S/C11H10O4/c1-7(12)14-5-8-6-15-10-4-2-3-9(13)11(8)10/h2-4,6,13H,5H2,1H3. The largest absolute Gasteiger partial charge is 0.507 e. The monoisotopic (exact) mass is 206 g/mol. The third-order valence-electron chi connectivity index (χ3n) is 2.08. The van der Waals surface area contributed by atoms with Gasteiger partial charge >= 0.3 is 5.97 Å². The summed E-state index contributed by atoms with van der Waals surface area (Å²) >= 11 is 0. The van der Waals surface area contributed by atoms with Gasteiger partial charge < -0.3 is 14.3 Å². The first-order valence-corrected chi connectivity index (χ1v) is 4.50. The number of fused-ring (bicyclic) bond motifs is 1. The van der Waals surface area contributed by atoms with Crippen LogP contribution in [0, 0.1) is 0 Å². The van der Waals surface area contributed by atoms with E-state index in [0.717, 1.165) is 0 Å². The highest BCUT2D eigenvalue weighted by atomic mass is 16.5. The Morgan fingerprint density at radius 3 is 3.07 bits per heavy atom. The second kappa shape index (κ2) is 3.65. The summed E-state index contributed by atoms with van der Waals surface area (Å²) in [5.41, 5.74) is 1.25. The first-order chi connectivity index (χ1) is 7.18. The zero-order valence-electron chi connectivity index (χ0n) is 8.19. The van der Waals surface area contributed by atoms with Gasteiger partial charge in [0, 0.05) is 12.5 Å². The van der Waals surface area contributed by atoms with E-state index in [2.05, 4.69) is 0 Å². The van der Waals surface area contributed by atoms with Crippen molar-refractivity contribution in [3.05, 3.63) is 30.0 Å². The van der Waals surface area contributed by atoms with E-state index in [1.807, 2.05) is 0 Å². The number of carbonyl (C=O) groups excluding carboxylic acids is 1. The van der Waals surface area contributed by atoms with E-state index in [1.54, 1.807) is 18.2 Å². The van der Waals surface area contributed by atoms with Crippen LogP contribution >= 0.6 is 0 Å². The van der Waals surface area contributed by atoms with Crippen LogP contribution in [-0.2, 0) is 16.1 Å². The predicted octanol–water partition coefficient (Wildman–Crippen LogP) is 2.20. The summed E-state index contributed by atoms with van der Waals surface area (Å²) in [7, 11) is 0. The van der Waals surface area contributed by atoms with Gasteiger partial charge in [-0.3, -0.25) is 4.79 Å². The average molecular weight is 206 g/mol. The molecule has 78 valence electrons. The fourth-order valence-electron chi connectivity index (χ4n) is 1.42. The number of benzene rings is 1. The molecule has 2 rings (SSSR count). The van der Waals surface area contributed by atoms with Gasteiger partial charge in [0.15, 0.2) is 0 Å². The maximum Gasteiger partial charge on any atom is 0.302 e. The van der Waals surface area contributed by atoms with Gasteiger partial charge in [0.25, 0.3) is 0 Å². The van der Waals surface area contributed by atoms with Crippen LogP contribution in [0.1, 0.15) is 12.5 Å². The highest BCUT2D eigenvalue weighted by Crippen LogP contribution is 2.29. The molecule has 0 aliphatic heterocycles. The summed E-state index contributed by atoms with van der Waals surface area (Å²) in [4.78, 5) is 10.6. The van der Waals surface area contributed by atoms with Gasteiger partial charge in [-0.05, 0) is 12.1 Å². The molecule has 4 heteroatoms. The number of rotatable bonds is 2. The first kappa shape index (κ1) is 9.58. The quantitative estimate of drug-likeness (QED) is 0.765. The van der Waals surface area contributed by atoms with E-state index in [9.17, 15) is 9.90 Å². The number of hydrogen-bond acceptors (Lipinski definition) is 4. The summed E-state index contributed by atoms with van der Waals surface area (Å²) in [6.07, 6.45) is 1.48. The van der Waals surface area contributed by atoms with Crippen molar-refractivity contribution < 1.29 is 19.1 Å². The SMILES string of the molecule is CC(=O)OCc1coc2cccc(O)c12. The van der Waals surface area contributed by atoms with Crippen LogP contribution in [0.15, 0.2) is 28.9 Å². The molecule has 4 nitrogen and oxygen atoms in total. The van der Waals surface area contributed by atoms with Crippen molar-refractivity contribution in [1.82, 2.24) is 0 Å². The van der Waals surface area contributed by atoms with Crippen LogP contribution < -0.4 is 0 Å². The highest BCUT2D eigenvalue weighted by Gasteiger charge is 2.10. The number of carbonyl (C=O) groups is 1. The summed E-state index contributed by atoms with van der Waals surface area (Å²) in [6, 6.07) is 5.00. The molecule has 0 spiro atoms. The molecule has 1 aromatic carbocycles. The van der Waals surface area contributed by atoms with Gasteiger partial charge in [-0.2, -0.15) is 0 Å². The Morgan fingerprint density at radius 1 is 1.53 bits per heavy atom. The van der Waals surface area contributed by atoms with Crippen LogP contribution in [0.2, 0.25) is 0 Å². The van der Waals surface area contributed by atoms with E-state index in [-0.39, 0.29) is 18.3 Å². The molecule has 0 saturated heterocycles. The van der Waals surface area contributed by atoms with Gasteiger partial charge in [-0.15, -0.1) is 0 Å². The average Bonchev–Trinajstić information content (AvgIpc) is 2.59. The van der Waals surface area contributed by atoms with Crippen molar-refractivity contribution in [2.24, 2.45) is 0 Å². The Labute approximate surface area is 86.1 Å². The van der Waals surface area contributed by atoms with Gasteiger partial charge in [0.2, 0.25) is 0 Å². The molecule has 0 atom stereocenters. The molecule has 0 radical (unpaired) electrons. The molecule has 0 aliphatic rings. The van der Waals surface area contributed by atoms with Crippen molar-refractivity contribution >= 4 is 16.9 Å². The summed E-state index contributed by atoms with van der Waals surface area (Å²) in [5, 5.41) is 10.2. The first-order valence-electron chi connectivity index (χ1n) is 4.50. The van der Waals surface area contributed by atoms with Gasteiger partial charge in [0.1, 0.15) is 17.9 Å². The molecule has 2 aromatic rings. The smallest absolute Gasteiger partial charge is 0.302 e. The third-order valence-corrected chi connectivity index (χ3v) is 2.08. The van der Waals surface area contributed by atoms with Crippen LogP contribution in [0.5, 0.6) is 5.75 Å². The molecule has 15 heavy (non-hydrogen) atoms. The molecule has 1 aromatic heterocycles. The third kappa shape index (κ3) is 1.79. The Bertz CT molecular complexity index is 498. The molecule has 0 aliphatic carbocycles. The lowest BCUT2D eigenvalue weighted by molar-refractivity contribution is -0.142. The lowest BCUT2D eigenvalue weighted by atomic mass is 10.1. The fraction of sp³-hybridized carbons (Fsp3) is 0.182. The highest BCUT2D eigenvalue weighted by molar-refractivity contribution is 5.87. The zero-order chi connectivity index (χ0) is 10.8. The van der Waals surface area contributed by atoms with Crippen LogP contribution in [-0.4, -0.2) is 11.1 Å². The van der Waals surface area contributed by atoms with Crippen molar-refractivity contribution in [3.63, 3.8) is 0 Å². The van der Waals surface area contributed by atoms with Crippen molar-refractivity contribution in [2.75, 3.05) is 0 Å². The van der Waals surface area contributed by atoms with E-state index < -0.39 is 0 Å². The normalized spacial score (nSPS) is 10.5. The summed E-state index contributed by atoms with van der Waals surface area (Å²) in [5.74, 6) is -0.233. The maximum atomic E-state index is 10.6. The number of esters is 1. The summed E-state index contributed by atoms with van der Waals surface area (Å²) < 4.78 is 10.1. The molecule has 0 unspecified atom stereocenters. The van der Waals surface area contributed by atoms with Crippen molar-refractivity contribution in [3.8, 4) is 5.75 Å². The number of phenols is 1. The molecule has 0 bridgehead atoms. The fourth-order valence-corrected chi connectivity index (χ4v) is 1.42. The van der Waals surface area contributed by atoms with Gasteiger partial charge in [-0.25, -0.2) is 0 Å². The number of ether oxygens (including phenoxy) is 1. The van der Waals surface area contributed by atoms with Crippen LogP contribution in [0.25, 0.3) is 11.0 Å². The second-order valence-corrected chi connectivity index (χ2v) is 3.19. The molecule has 0 amide bonds. The number of aromatic hydroxyl groups is 1. The topological polar surface area (TPSA) is 59.7 Å². The number of hydrogen-bond donors (Lipinski definition) is 1. The second-order valence-electron chi connectivity index (χ2n) is 3.19. The zero-order valence-corrected chi connectivity index (χ0v) is 8.19. The van der Waals surface area contributed by atoms with E-state index in [1.165, 1.54) is 13.2 Å². The minimum Gasteiger partial charge on any atom is -0.507 e. The Morgan fingerprint density at radius 2 is 2.33 bits per heavy atom. The number of furan rings is 1. The minimum absolute atomic E-state index is 0.111. The Kier molecular flexibility index (Phi) is 2.33. The molecular formula is C11H10O4.